The molecule has 2 amide bonds. The van der Waals surface area contributed by atoms with Gasteiger partial charge in [0.05, 0.1) is 11.9 Å². The molecule has 7 nitrogen and oxygen atoms in total. The van der Waals surface area contributed by atoms with Crippen molar-refractivity contribution in [2.75, 3.05) is 11.9 Å². The number of H-pyrrole nitrogens is 1. The van der Waals surface area contributed by atoms with Gasteiger partial charge in [-0.1, -0.05) is 0 Å². The molecular formula is C13H13FN4O3. The fraction of sp³-hybridized carbons (Fsp3) is 0.154. The van der Waals surface area contributed by atoms with Gasteiger partial charge in [-0.15, -0.1) is 0 Å². The molecule has 8 heteroatoms. The lowest BCUT2D eigenvalue weighted by Crippen LogP contribution is -2.30. The van der Waals surface area contributed by atoms with Crippen molar-refractivity contribution in [3.8, 4) is 0 Å². The van der Waals surface area contributed by atoms with E-state index in [1.165, 1.54) is 6.07 Å². The summed E-state index contributed by atoms with van der Waals surface area (Å²) < 4.78 is 13.2. The number of halogens is 1. The summed E-state index contributed by atoms with van der Waals surface area (Å²) in [6, 6.07) is 2.84. The lowest BCUT2D eigenvalue weighted by Gasteiger charge is -2.08. The van der Waals surface area contributed by atoms with Crippen LogP contribution in [0.25, 0.3) is 0 Å². The number of carboxylic acids is 1. The minimum absolute atomic E-state index is 0.202. The number of amides is 2. The van der Waals surface area contributed by atoms with Crippen molar-refractivity contribution < 1.29 is 19.1 Å². The predicted molar refractivity (Wildman–Crippen MR) is 72.7 cm³/mol. The van der Waals surface area contributed by atoms with Crippen molar-refractivity contribution in [2.45, 2.75) is 6.42 Å². The van der Waals surface area contributed by atoms with Crippen LogP contribution < -0.4 is 10.6 Å². The predicted octanol–water partition coefficient (Wildman–Crippen LogP) is 1.61. The second-order valence-corrected chi connectivity index (χ2v) is 4.21. The molecule has 1 aromatic carbocycles. The maximum absolute atomic E-state index is 13.2. The Labute approximate surface area is 119 Å². The first-order valence-corrected chi connectivity index (χ1v) is 6.11. The summed E-state index contributed by atoms with van der Waals surface area (Å²) in [6.45, 7) is 0.376. The number of carbonyl (C=O) groups is 2. The van der Waals surface area contributed by atoms with Gasteiger partial charge < -0.3 is 20.7 Å². The molecule has 0 radical (unpaired) electrons. The van der Waals surface area contributed by atoms with E-state index in [2.05, 4.69) is 20.6 Å². The van der Waals surface area contributed by atoms with E-state index < -0.39 is 23.4 Å². The van der Waals surface area contributed by atoms with E-state index in [0.29, 0.717) is 13.0 Å². The van der Waals surface area contributed by atoms with E-state index in [9.17, 15) is 14.0 Å². The van der Waals surface area contributed by atoms with Crippen LogP contribution in [0.1, 0.15) is 16.1 Å². The van der Waals surface area contributed by atoms with E-state index in [1.807, 2.05) is 0 Å². The first kappa shape index (κ1) is 14.5. The molecule has 2 aromatic rings. The molecular weight excluding hydrogens is 279 g/mol. The summed E-state index contributed by atoms with van der Waals surface area (Å²) in [7, 11) is 0. The van der Waals surface area contributed by atoms with E-state index >= 15 is 0 Å². The molecule has 0 unspecified atom stereocenters. The third kappa shape index (κ3) is 4.03. The van der Waals surface area contributed by atoms with Gasteiger partial charge in [-0.2, -0.15) is 0 Å². The van der Waals surface area contributed by atoms with Crippen LogP contribution in [-0.2, 0) is 6.42 Å². The Morgan fingerprint density at radius 1 is 1.38 bits per heavy atom. The van der Waals surface area contributed by atoms with Crippen molar-refractivity contribution in [3.05, 3.63) is 47.8 Å². The van der Waals surface area contributed by atoms with Crippen LogP contribution in [0, 0.1) is 5.82 Å². The van der Waals surface area contributed by atoms with Crippen molar-refractivity contribution >= 4 is 17.7 Å². The van der Waals surface area contributed by atoms with Gasteiger partial charge in [0.2, 0.25) is 0 Å². The Morgan fingerprint density at radius 3 is 2.86 bits per heavy atom. The monoisotopic (exact) mass is 292 g/mol. The van der Waals surface area contributed by atoms with Gasteiger partial charge in [0.25, 0.3) is 0 Å². The van der Waals surface area contributed by atoms with E-state index in [-0.39, 0.29) is 5.69 Å². The van der Waals surface area contributed by atoms with Crippen LogP contribution in [0.5, 0.6) is 0 Å². The number of nitrogens with one attached hydrogen (secondary N) is 3. The van der Waals surface area contributed by atoms with Crippen LogP contribution >= 0.6 is 0 Å². The summed E-state index contributed by atoms with van der Waals surface area (Å²) in [4.78, 5) is 29.1. The molecule has 0 saturated carbocycles. The molecule has 110 valence electrons. The molecule has 1 heterocycles. The summed E-state index contributed by atoms with van der Waals surface area (Å²) >= 11 is 0. The average molecular weight is 292 g/mol. The lowest BCUT2D eigenvalue weighted by atomic mass is 10.2. The van der Waals surface area contributed by atoms with Crippen molar-refractivity contribution in [3.63, 3.8) is 0 Å². The number of urea groups is 1. The van der Waals surface area contributed by atoms with Crippen LogP contribution in [0.3, 0.4) is 0 Å². The highest BCUT2D eigenvalue weighted by molar-refractivity contribution is 5.93. The van der Waals surface area contributed by atoms with Crippen LogP contribution in [-0.4, -0.2) is 33.6 Å². The number of imidazole rings is 1. The van der Waals surface area contributed by atoms with Gasteiger partial charge in [0, 0.05) is 30.5 Å². The number of aromatic carboxylic acids is 1. The minimum Gasteiger partial charge on any atom is -0.478 e. The molecule has 1 aromatic heterocycles. The lowest BCUT2D eigenvalue weighted by molar-refractivity contribution is 0.0692. The molecule has 4 N–H and O–H groups in total. The topological polar surface area (TPSA) is 107 Å². The molecule has 0 aliphatic heterocycles. The number of aromatic nitrogens is 2. The van der Waals surface area contributed by atoms with Gasteiger partial charge in [0.15, 0.2) is 0 Å². The molecule has 2 rings (SSSR count). The SMILES string of the molecule is O=C(NCCc1cnc[nH]1)Nc1ccc(F)c(C(=O)O)c1. The average Bonchev–Trinajstić information content (AvgIpc) is 2.94. The third-order valence-corrected chi connectivity index (χ3v) is 2.69. The normalized spacial score (nSPS) is 10.1. The Balaban J connectivity index is 1.87. The zero-order valence-electron chi connectivity index (χ0n) is 10.9. The highest BCUT2D eigenvalue weighted by Crippen LogP contribution is 2.14. The number of benzene rings is 1. The van der Waals surface area contributed by atoms with Crippen LogP contribution in [0.2, 0.25) is 0 Å². The zero-order valence-corrected chi connectivity index (χ0v) is 10.9. The summed E-state index contributed by atoms with van der Waals surface area (Å²) in [5.41, 5.74) is 0.586. The molecule has 0 fully saturated rings. The van der Waals surface area contributed by atoms with Gasteiger partial charge in [-0.05, 0) is 18.2 Å². The number of hydrogen-bond donors (Lipinski definition) is 4. The van der Waals surface area contributed by atoms with Crippen LogP contribution in [0.15, 0.2) is 30.7 Å². The van der Waals surface area contributed by atoms with Crippen molar-refractivity contribution in [2.24, 2.45) is 0 Å². The second-order valence-electron chi connectivity index (χ2n) is 4.21. The fourth-order valence-electron chi connectivity index (χ4n) is 1.67. The van der Waals surface area contributed by atoms with Crippen LogP contribution in [0.4, 0.5) is 14.9 Å². The second kappa shape index (κ2) is 6.51. The highest BCUT2D eigenvalue weighted by atomic mass is 19.1. The molecule has 0 bridgehead atoms. The quantitative estimate of drug-likeness (QED) is 0.671. The summed E-state index contributed by atoms with van der Waals surface area (Å²) in [5, 5.41) is 13.8. The number of nitrogens with zero attached hydrogens (tertiary/aromatic N) is 1. The van der Waals surface area contributed by atoms with Gasteiger partial charge in [0.1, 0.15) is 5.82 Å². The molecule has 0 atom stereocenters. The number of aromatic amines is 1. The van der Waals surface area contributed by atoms with E-state index in [0.717, 1.165) is 17.8 Å². The first-order valence-electron chi connectivity index (χ1n) is 6.11. The number of carbonyl (C=O) groups excluding carboxylic acids is 1. The van der Waals surface area contributed by atoms with E-state index in [4.69, 9.17) is 5.11 Å². The van der Waals surface area contributed by atoms with E-state index in [1.54, 1.807) is 12.5 Å². The standard InChI is InChI=1S/C13H13FN4O3/c14-11-2-1-8(5-10(11)12(19)20)18-13(21)16-4-3-9-6-15-7-17-9/h1-2,5-7H,3-4H2,(H,15,17)(H,19,20)(H2,16,18,21). The first-order chi connectivity index (χ1) is 10.1. The molecule has 0 saturated heterocycles. The van der Waals surface area contributed by atoms with Crippen molar-refractivity contribution in [1.29, 1.82) is 0 Å². The summed E-state index contributed by atoms with van der Waals surface area (Å²) in [6.07, 6.45) is 3.78. The maximum Gasteiger partial charge on any atom is 0.338 e. The smallest absolute Gasteiger partial charge is 0.338 e. The third-order valence-electron chi connectivity index (χ3n) is 2.69. The minimum atomic E-state index is -1.39. The summed E-state index contributed by atoms with van der Waals surface area (Å²) in [5.74, 6) is -2.25. The Morgan fingerprint density at radius 2 is 2.19 bits per heavy atom. The van der Waals surface area contributed by atoms with Gasteiger partial charge in [-0.25, -0.2) is 19.0 Å². The number of hydrogen-bond acceptors (Lipinski definition) is 3. The largest absolute Gasteiger partial charge is 0.478 e. The molecule has 0 spiro atoms. The Hall–Kier alpha value is -2.90. The molecule has 0 aliphatic carbocycles. The maximum atomic E-state index is 13.2. The molecule has 21 heavy (non-hydrogen) atoms. The highest BCUT2D eigenvalue weighted by Gasteiger charge is 2.11. The Kier molecular flexibility index (Phi) is 4.50. The number of rotatable bonds is 5. The number of carboxylic acid groups (broad SMARTS) is 1. The number of anilines is 1. The Bertz CT molecular complexity index is 643. The fourth-order valence-corrected chi connectivity index (χ4v) is 1.67. The zero-order chi connectivity index (χ0) is 15.2. The van der Waals surface area contributed by atoms with Gasteiger partial charge >= 0.3 is 12.0 Å². The van der Waals surface area contributed by atoms with Gasteiger partial charge in [-0.3, -0.25) is 0 Å². The molecule has 0 aliphatic rings. The van der Waals surface area contributed by atoms with Crippen molar-refractivity contribution in [1.82, 2.24) is 15.3 Å².